The minimum Gasteiger partial charge on any atom is -0.484 e. The highest BCUT2D eigenvalue weighted by atomic mass is 32.1. The molecule has 0 saturated carbocycles. The molecule has 1 unspecified atom stereocenters. The van der Waals surface area contributed by atoms with Crippen molar-refractivity contribution >= 4 is 22.8 Å². The Balaban J connectivity index is 2.00. The molecule has 1 atom stereocenters. The van der Waals surface area contributed by atoms with Gasteiger partial charge in [-0.2, -0.15) is 0 Å². The minimum atomic E-state index is -0.170. The summed E-state index contributed by atoms with van der Waals surface area (Å²) in [5, 5.41) is 1.98. The number of nitrogen functional groups attached to an aromatic ring is 1. The number of rotatable bonds is 1. The lowest BCUT2D eigenvalue weighted by molar-refractivity contribution is 0.0854. The van der Waals surface area contributed by atoms with Gasteiger partial charge in [-0.1, -0.05) is 6.07 Å². The van der Waals surface area contributed by atoms with Crippen LogP contribution < -0.4 is 10.5 Å². The Labute approximate surface area is 103 Å². The molecule has 4 heteroatoms. The van der Waals surface area contributed by atoms with Gasteiger partial charge < -0.3 is 10.5 Å². The van der Waals surface area contributed by atoms with Crippen LogP contribution in [0.5, 0.6) is 5.75 Å². The number of anilines is 1. The summed E-state index contributed by atoms with van der Waals surface area (Å²) < 4.78 is 5.84. The number of nitrogens with two attached hydrogens (primary N) is 1. The van der Waals surface area contributed by atoms with E-state index in [2.05, 4.69) is 0 Å². The van der Waals surface area contributed by atoms with E-state index in [-0.39, 0.29) is 11.9 Å². The summed E-state index contributed by atoms with van der Waals surface area (Å²) in [7, 11) is 0. The standard InChI is InChI=1S/C13H11NO2S/c14-8-3-4-9-10(15)7-12(16-11(9)6-8)13-2-1-5-17-13/h1-6,12H,7,14H2. The molecule has 1 aliphatic heterocycles. The van der Waals surface area contributed by atoms with Crippen molar-refractivity contribution in [2.75, 3.05) is 5.73 Å². The van der Waals surface area contributed by atoms with E-state index >= 15 is 0 Å². The van der Waals surface area contributed by atoms with Crippen LogP contribution >= 0.6 is 11.3 Å². The van der Waals surface area contributed by atoms with Crippen molar-refractivity contribution in [2.24, 2.45) is 0 Å². The number of hydrogen-bond donors (Lipinski definition) is 1. The van der Waals surface area contributed by atoms with Crippen LogP contribution in [0.15, 0.2) is 35.7 Å². The van der Waals surface area contributed by atoms with Crippen molar-refractivity contribution in [1.29, 1.82) is 0 Å². The van der Waals surface area contributed by atoms with E-state index in [0.29, 0.717) is 23.4 Å². The highest BCUT2D eigenvalue weighted by Gasteiger charge is 2.28. The molecule has 0 amide bonds. The zero-order chi connectivity index (χ0) is 11.8. The van der Waals surface area contributed by atoms with E-state index in [1.165, 1.54) is 0 Å². The number of thiophene rings is 1. The van der Waals surface area contributed by atoms with Crippen molar-refractivity contribution < 1.29 is 9.53 Å². The maximum atomic E-state index is 12.0. The van der Waals surface area contributed by atoms with Crippen LogP contribution in [0, 0.1) is 0 Å². The third kappa shape index (κ3) is 1.80. The van der Waals surface area contributed by atoms with Gasteiger partial charge in [-0.25, -0.2) is 0 Å². The van der Waals surface area contributed by atoms with Gasteiger partial charge >= 0.3 is 0 Å². The van der Waals surface area contributed by atoms with Crippen LogP contribution in [0.2, 0.25) is 0 Å². The second-order valence-corrected chi connectivity index (χ2v) is 4.98. The zero-order valence-corrected chi connectivity index (χ0v) is 9.87. The highest BCUT2D eigenvalue weighted by molar-refractivity contribution is 7.10. The smallest absolute Gasteiger partial charge is 0.170 e. The largest absolute Gasteiger partial charge is 0.484 e. The summed E-state index contributed by atoms with van der Waals surface area (Å²) in [5.41, 5.74) is 6.95. The van der Waals surface area contributed by atoms with Gasteiger partial charge in [-0.15, -0.1) is 11.3 Å². The van der Waals surface area contributed by atoms with Crippen LogP contribution in [0.25, 0.3) is 0 Å². The Morgan fingerprint density at radius 3 is 3.00 bits per heavy atom. The third-order valence-corrected chi connectivity index (χ3v) is 3.77. The highest BCUT2D eigenvalue weighted by Crippen LogP contribution is 2.37. The molecule has 2 heterocycles. The van der Waals surface area contributed by atoms with Crippen molar-refractivity contribution in [2.45, 2.75) is 12.5 Å². The number of ether oxygens (including phenoxy) is 1. The summed E-state index contributed by atoms with van der Waals surface area (Å²) in [6.45, 7) is 0. The lowest BCUT2D eigenvalue weighted by atomic mass is 9.99. The number of benzene rings is 1. The van der Waals surface area contributed by atoms with Crippen molar-refractivity contribution in [3.05, 3.63) is 46.2 Å². The molecule has 2 aromatic rings. The Bertz CT molecular complexity index is 563. The Morgan fingerprint density at radius 1 is 1.35 bits per heavy atom. The maximum Gasteiger partial charge on any atom is 0.170 e. The Hall–Kier alpha value is -1.81. The second-order valence-electron chi connectivity index (χ2n) is 4.00. The van der Waals surface area contributed by atoms with Gasteiger partial charge in [0.25, 0.3) is 0 Å². The molecule has 3 nitrogen and oxygen atoms in total. The second kappa shape index (κ2) is 3.89. The van der Waals surface area contributed by atoms with Gasteiger partial charge in [0.2, 0.25) is 0 Å². The van der Waals surface area contributed by atoms with Gasteiger partial charge in [-0.05, 0) is 23.6 Å². The van der Waals surface area contributed by atoms with Crippen LogP contribution in [0.3, 0.4) is 0 Å². The third-order valence-electron chi connectivity index (χ3n) is 2.81. The lowest BCUT2D eigenvalue weighted by Crippen LogP contribution is -2.19. The fourth-order valence-electron chi connectivity index (χ4n) is 1.97. The summed E-state index contributed by atoms with van der Waals surface area (Å²) >= 11 is 1.60. The molecular formula is C13H11NO2S. The van der Waals surface area contributed by atoms with Gasteiger partial charge in [0.1, 0.15) is 11.9 Å². The fraction of sp³-hybridized carbons (Fsp3) is 0.154. The van der Waals surface area contributed by atoms with E-state index in [1.54, 1.807) is 29.5 Å². The predicted molar refractivity (Wildman–Crippen MR) is 67.5 cm³/mol. The molecule has 1 aromatic heterocycles. The van der Waals surface area contributed by atoms with Gasteiger partial charge in [0.15, 0.2) is 5.78 Å². The average Bonchev–Trinajstić information content (AvgIpc) is 2.81. The summed E-state index contributed by atoms with van der Waals surface area (Å²) in [6.07, 6.45) is 0.231. The van der Waals surface area contributed by atoms with Gasteiger partial charge in [-0.3, -0.25) is 4.79 Å². The zero-order valence-electron chi connectivity index (χ0n) is 9.05. The van der Waals surface area contributed by atoms with Crippen LogP contribution in [-0.4, -0.2) is 5.78 Å². The van der Waals surface area contributed by atoms with Crippen molar-refractivity contribution in [3.63, 3.8) is 0 Å². The van der Waals surface area contributed by atoms with E-state index in [9.17, 15) is 4.79 Å². The van der Waals surface area contributed by atoms with E-state index in [4.69, 9.17) is 10.5 Å². The molecule has 86 valence electrons. The number of Topliss-reactive ketones (excluding diaryl/α,β-unsaturated/α-hetero) is 1. The van der Waals surface area contributed by atoms with E-state index in [1.807, 2.05) is 17.5 Å². The molecule has 2 N–H and O–H groups in total. The first-order chi connectivity index (χ1) is 8.24. The number of carbonyl (C=O) groups excluding carboxylic acids is 1. The van der Waals surface area contributed by atoms with Crippen LogP contribution in [-0.2, 0) is 0 Å². The van der Waals surface area contributed by atoms with Crippen molar-refractivity contribution in [3.8, 4) is 5.75 Å². The average molecular weight is 245 g/mol. The molecule has 0 spiro atoms. The number of hydrogen-bond acceptors (Lipinski definition) is 4. The SMILES string of the molecule is Nc1ccc2c(c1)OC(c1cccs1)CC2=O. The molecule has 1 aliphatic rings. The molecule has 0 aliphatic carbocycles. The molecule has 0 radical (unpaired) electrons. The molecule has 0 fully saturated rings. The van der Waals surface area contributed by atoms with Crippen LogP contribution in [0.1, 0.15) is 27.8 Å². The van der Waals surface area contributed by atoms with Crippen molar-refractivity contribution in [1.82, 2.24) is 0 Å². The summed E-state index contributed by atoms with van der Waals surface area (Å²) in [4.78, 5) is 13.1. The first-order valence-electron chi connectivity index (χ1n) is 5.37. The van der Waals surface area contributed by atoms with Gasteiger partial charge in [0.05, 0.1) is 12.0 Å². The first-order valence-corrected chi connectivity index (χ1v) is 6.25. The predicted octanol–water partition coefficient (Wildman–Crippen LogP) is 3.04. The number of ketones is 1. The molecule has 17 heavy (non-hydrogen) atoms. The Morgan fingerprint density at radius 2 is 2.24 bits per heavy atom. The molecule has 1 aromatic carbocycles. The van der Waals surface area contributed by atoms with Gasteiger partial charge in [0, 0.05) is 16.6 Å². The minimum absolute atomic E-state index is 0.115. The van der Waals surface area contributed by atoms with E-state index in [0.717, 1.165) is 4.88 Å². The quantitative estimate of drug-likeness (QED) is 0.786. The number of fused-ring (bicyclic) bond motifs is 1. The normalized spacial score (nSPS) is 18.6. The van der Waals surface area contributed by atoms with E-state index < -0.39 is 0 Å². The summed E-state index contributed by atoms with van der Waals surface area (Å²) in [5.74, 6) is 0.712. The molecule has 0 saturated heterocycles. The monoisotopic (exact) mass is 245 g/mol. The first kappa shape index (κ1) is 10.4. The van der Waals surface area contributed by atoms with Crippen LogP contribution in [0.4, 0.5) is 5.69 Å². The number of carbonyl (C=O) groups is 1. The Kier molecular flexibility index (Phi) is 2.37. The topological polar surface area (TPSA) is 52.3 Å². The molecule has 3 rings (SSSR count). The summed E-state index contributed by atoms with van der Waals surface area (Å²) in [6, 6.07) is 9.12. The lowest BCUT2D eigenvalue weighted by Gasteiger charge is -2.24. The molecular weight excluding hydrogens is 234 g/mol. The fourth-order valence-corrected chi connectivity index (χ4v) is 2.73. The maximum absolute atomic E-state index is 12.0. The molecule has 0 bridgehead atoms.